The molecule has 1 saturated carbocycles. The summed E-state index contributed by atoms with van der Waals surface area (Å²) < 4.78 is 10.6. The van der Waals surface area contributed by atoms with Crippen LogP contribution in [0.3, 0.4) is 0 Å². The number of ether oxygens (including phenoxy) is 2. The van der Waals surface area contributed by atoms with E-state index in [4.69, 9.17) is 32.7 Å². The van der Waals surface area contributed by atoms with Crippen LogP contribution in [0.1, 0.15) is 43.5 Å². The van der Waals surface area contributed by atoms with Gasteiger partial charge in [-0.05, 0) is 36.3 Å². The van der Waals surface area contributed by atoms with E-state index >= 15 is 0 Å². The minimum atomic E-state index is -0.0604. The Balaban J connectivity index is 2.23. The quantitative estimate of drug-likeness (QED) is 0.686. The molecule has 0 bridgehead atoms. The average molecular weight is 317 g/mol. The molecule has 1 atom stereocenters. The maximum atomic E-state index is 6.68. The van der Waals surface area contributed by atoms with Gasteiger partial charge in [-0.3, -0.25) is 0 Å². The Morgan fingerprint density at radius 2 is 1.60 bits per heavy atom. The first kappa shape index (κ1) is 15.8. The van der Waals surface area contributed by atoms with E-state index in [1.807, 2.05) is 6.07 Å². The second kappa shape index (κ2) is 6.91. The van der Waals surface area contributed by atoms with Gasteiger partial charge in [0.25, 0.3) is 0 Å². The molecule has 1 aliphatic rings. The summed E-state index contributed by atoms with van der Waals surface area (Å²) in [4.78, 5) is 0. The van der Waals surface area contributed by atoms with E-state index < -0.39 is 0 Å². The number of halogens is 2. The Bertz CT molecular complexity index is 454. The number of alkyl halides is 1. The van der Waals surface area contributed by atoms with E-state index in [-0.39, 0.29) is 5.38 Å². The van der Waals surface area contributed by atoms with Crippen molar-refractivity contribution in [1.29, 1.82) is 0 Å². The topological polar surface area (TPSA) is 18.5 Å². The van der Waals surface area contributed by atoms with Gasteiger partial charge in [-0.15, -0.1) is 11.6 Å². The smallest absolute Gasteiger partial charge is 0.162 e. The van der Waals surface area contributed by atoms with Gasteiger partial charge in [-0.2, -0.15) is 0 Å². The Hall–Kier alpha value is -0.600. The van der Waals surface area contributed by atoms with Crippen LogP contribution >= 0.6 is 23.2 Å². The zero-order valence-electron chi connectivity index (χ0n) is 12.3. The van der Waals surface area contributed by atoms with Gasteiger partial charge < -0.3 is 9.47 Å². The van der Waals surface area contributed by atoms with E-state index in [1.165, 1.54) is 25.7 Å². The highest BCUT2D eigenvalue weighted by atomic mass is 35.5. The minimum absolute atomic E-state index is 0.0604. The third-order valence-corrected chi connectivity index (χ3v) is 5.19. The fourth-order valence-corrected chi connectivity index (χ4v) is 3.67. The molecule has 0 aromatic heterocycles. The molecule has 2 nitrogen and oxygen atoms in total. The van der Waals surface area contributed by atoms with E-state index in [9.17, 15) is 0 Å². The fraction of sp³-hybridized carbons (Fsp3) is 0.625. The predicted octanol–water partition coefficient (Wildman–Crippen LogP) is 5.46. The Kier molecular flexibility index (Phi) is 5.45. The number of hydrogen-bond donors (Lipinski definition) is 0. The lowest BCUT2D eigenvalue weighted by Crippen LogP contribution is -2.16. The molecule has 0 amide bonds. The highest BCUT2D eigenvalue weighted by molar-refractivity contribution is 6.33. The summed E-state index contributed by atoms with van der Waals surface area (Å²) in [6.07, 6.45) is 4.83. The molecular weight excluding hydrogens is 295 g/mol. The van der Waals surface area contributed by atoms with Crippen molar-refractivity contribution in [2.75, 3.05) is 14.2 Å². The maximum absolute atomic E-state index is 6.68. The van der Waals surface area contributed by atoms with Crippen LogP contribution in [0.15, 0.2) is 12.1 Å². The fourth-order valence-electron chi connectivity index (χ4n) is 2.91. The molecule has 0 heterocycles. The summed E-state index contributed by atoms with van der Waals surface area (Å²) >= 11 is 13.0. The highest BCUT2D eigenvalue weighted by Gasteiger charge is 2.28. The van der Waals surface area contributed by atoms with Crippen LogP contribution < -0.4 is 9.47 Å². The van der Waals surface area contributed by atoms with Gasteiger partial charge in [-0.25, -0.2) is 0 Å². The van der Waals surface area contributed by atoms with Crippen molar-refractivity contribution in [2.24, 2.45) is 11.8 Å². The van der Waals surface area contributed by atoms with Crippen molar-refractivity contribution >= 4 is 23.2 Å². The van der Waals surface area contributed by atoms with E-state index in [0.717, 1.165) is 11.5 Å². The molecule has 1 unspecified atom stereocenters. The molecule has 0 radical (unpaired) electrons. The lowest BCUT2D eigenvalue weighted by molar-refractivity contribution is 0.283. The van der Waals surface area contributed by atoms with Crippen molar-refractivity contribution in [3.63, 3.8) is 0 Å². The van der Waals surface area contributed by atoms with Crippen LogP contribution in [0.5, 0.6) is 11.5 Å². The monoisotopic (exact) mass is 316 g/mol. The number of benzene rings is 1. The Morgan fingerprint density at radius 3 is 2.15 bits per heavy atom. The third kappa shape index (κ3) is 3.35. The first-order chi connectivity index (χ1) is 9.56. The summed E-state index contributed by atoms with van der Waals surface area (Å²) in [7, 11) is 3.23. The van der Waals surface area contributed by atoms with Crippen molar-refractivity contribution in [1.82, 2.24) is 0 Å². The number of rotatable bonds is 4. The number of methoxy groups -OCH3 is 2. The molecule has 0 N–H and O–H groups in total. The van der Waals surface area contributed by atoms with Gasteiger partial charge in [0, 0.05) is 11.1 Å². The van der Waals surface area contributed by atoms with Gasteiger partial charge in [0.2, 0.25) is 0 Å². The highest BCUT2D eigenvalue weighted by Crippen LogP contribution is 2.45. The maximum Gasteiger partial charge on any atom is 0.162 e. The second-order valence-electron chi connectivity index (χ2n) is 5.65. The van der Waals surface area contributed by atoms with Crippen LogP contribution in [0, 0.1) is 11.8 Å². The van der Waals surface area contributed by atoms with Gasteiger partial charge >= 0.3 is 0 Å². The first-order valence-corrected chi connectivity index (χ1v) is 7.93. The van der Waals surface area contributed by atoms with Crippen molar-refractivity contribution in [3.05, 3.63) is 22.7 Å². The summed E-state index contributed by atoms with van der Waals surface area (Å²) in [5.41, 5.74) is 0.950. The number of hydrogen-bond acceptors (Lipinski definition) is 2. The molecule has 0 saturated heterocycles. The molecule has 1 aliphatic carbocycles. The summed E-state index contributed by atoms with van der Waals surface area (Å²) in [5, 5.41) is 0.594. The lowest BCUT2D eigenvalue weighted by Gasteiger charge is -2.30. The SMILES string of the molecule is COc1cc(Cl)c(C(Cl)C2CCC(C)CC2)cc1OC. The molecule has 1 aromatic carbocycles. The van der Waals surface area contributed by atoms with Crippen LogP contribution in [0.2, 0.25) is 5.02 Å². The second-order valence-corrected chi connectivity index (χ2v) is 6.53. The summed E-state index contributed by atoms with van der Waals surface area (Å²) in [6.45, 7) is 2.31. The van der Waals surface area contributed by atoms with E-state index in [1.54, 1.807) is 20.3 Å². The molecule has 1 fully saturated rings. The summed E-state index contributed by atoms with van der Waals surface area (Å²) in [5.74, 6) is 2.63. The van der Waals surface area contributed by atoms with Crippen molar-refractivity contribution in [3.8, 4) is 11.5 Å². The first-order valence-electron chi connectivity index (χ1n) is 7.12. The minimum Gasteiger partial charge on any atom is -0.493 e. The normalized spacial score (nSPS) is 24.2. The van der Waals surface area contributed by atoms with Crippen LogP contribution in [-0.4, -0.2) is 14.2 Å². The van der Waals surface area contributed by atoms with E-state index in [0.29, 0.717) is 22.4 Å². The Labute approximate surface area is 131 Å². The standard InChI is InChI=1S/C16H22Cl2O2/c1-10-4-6-11(7-5-10)16(18)12-8-14(19-2)15(20-3)9-13(12)17/h8-11,16H,4-7H2,1-3H3. The average Bonchev–Trinajstić information content (AvgIpc) is 2.47. The van der Waals surface area contributed by atoms with Gasteiger partial charge in [0.1, 0.15) is 0 Å². The lowest BCUT2D eigenvalue weighted by atomic mass is 9.80. The molecule has 112 valence electrons. The van der Waals surface area contributed by atoms with E-state index in [2.05, 4.69) is 6.92 Å². The van der Waals surface area contributed by atoms with Crippen molar-refractivity contribution in [2.45, 2.75) is 38.0 Å². The molecule has 0 spiro atoms. The molecule has 20 heavy (non-hydrogen) atoms. The third-order valence-electron chi connectivity index (χ3n) is 4.27. The van der Waals surface area contributed by atoms with Crippen molar-refractivity contribution < 1.29 is 9.47 Å². The zero-order valence-corrected chi connectivity index (χ0v) is 13.8. The summed E-state index contributed by atoms with van der Waals surface area (Å²) in [6, 6.07) is 3.70. The van der Waals surface area contributed by atoms with Gasteiger partial charge in [-0.1, -0.05) is 31.4 Å². The molecule has 0 aliphatic heterocycles. The molecule has 1 aromatic rings. The van der Waals surface area contributed by atoms with Crippen LogP contribution in [-0.2, 0) is 0 Å². The molecular formula is C16H22Cl2O2. The largest absolute Gasteiger partial charge is 0.493 e. The van der Waals surface area contributed by atoms with Crippen LogP contribution in [0.25, 0.3) is 0 Å². The predicted molar refractivity (Wildman–Crippen MR) is 84.3 cm³/mol. The molecule has 4 heteroatoms. The Morgan fingerprint density at radius 1 is 1.05 bits per heavy atom. The zero-order chi connectivity index (χ0) is 14.7. The van der Waals surface area contributed by atoms with Gasteiger partial charge in [0.15, 0.2) is 11.5 Å². The molecule has 2 rings (SSSR count). The van der Waals surface area contributed by atoms with Gasteiger partial charge in [0.05, 0.1) is 19.6 Å². The van der Waals surface area contributed by atoms with Crippen LogP contribution in [0.4, 0.5) is 0 Å².